The van der Waals surface area contributed by atoms with Crippen LogP contribution in [0.1, 0.15) is 0 Å². The Morgan fingerprint density at radius 1 is 0.939 bits per heavy atom. The number of carbonyl (C=O) groups excluding carboxylic acids is 1. The number of hydrogen-bond donors (Lipinski definition) is 2. The van der Waals surface area contributed by atoms with Crippen LogP contribution in [0.5, 0.6) is 17.4 Å². The van der Waals surface area contributed by atoms with E-state index < -0.39 is 18.1 Å². The number of aromatic nitrogens is 4. The first-order chi connectivity index (χ1) is 15.9. The van der Waals surface area contributed by atoms with Crippen LogP contribution < -0.4 is 20.1 Å². The molecule has 12 heteroatoms. The summed E-state index contributed by atoms with van der Waals surface area (Å²) in [4.78, 5) is 16.1. The Hall–Kier alpha value is -4.61. The number of nitrogens with one attached hydrogen (secondary N) is 2. The second kappa shape index (κ2) is 9.26. The third kappa shape index (κ3) is 5.97. The molecule has 0 aliphatic heterocycles. The molecule has 2 aromatic heterocycles. The van der Waals surface area contributed by atoms with Crippen molar-refractivity contribution >= 4 is 17.4 Å². The smallest absolute Gasteiger partial charge is 0.438 e. The largest absolute Gasteiger partial charge is 0.573 e. The molecule has 4 rings (SSSR count). The number of urea groups is 1. The lowest BCUT2D eigenvalue weighted by atomic mass is 10.3. The lowest BCUT2D eigenvalue weighted by molar-refractivity contribution is -0.274. The summed E-state index contributed by atoms with van der Waals surface area (Å²) >= 11 is 0. The number of amides is 2. The number of benzene rings is 2. The number of rotatable bonds is 6. The number of ether oxygens (including phenoxy) is 2. The van der Waals surface area contributed by atoms with Crippen molar-refractivity contribution in [2.75, 3.05) is 10.6 Å². The van der Waals surface area contributed by atoms with E-state index in [9.17, 15) is 18.0 Å². The molecule has 0 radical (unpaired) electrons. The van der Waals surface area contributed by atoms with E-state index in [1.54, 1.807) is 59.7 Å². The zero-order valence-corrected chi connectivity index (χ0v) is 16.7. The van der Waals surface area contributed by atoms with Gasteiger partial charge in [0.2, 0.25) is 5.88 Å². The number of halogens is 3. The second-order valence-electron chi connectivity index (χ2n) is 6.45. The zero-order chi connectivity index (χ0) is 23.3. The van der Waals surface area contributed by atoms with Crippen molar-refractivity contribution in [3.63, 3.8) is 0 Å². The maximum atomic E-state index is 12.5. The molecule has 2 aromatic carbocycles. The average Bonchev–Trinajstić information content (AvgIpc) is 3.31. The topological polar surface area (TPSA) is 103 Å². The van der Waals surface area contributed by atoms with E-state index in [0.29, 0.717) is 17.3 Å². The molecule has 168 valence electrons. The molecule has 0 aliphatic rings. The molecule has 2 amide bonds. The summed E-state index contributed by atoms with van der Waals surface area (Å²) < 4.78 is 48.7. The van der Waals surface area contributed by atoms with Gasteiger partial charge in [0.15, 0.2) is 11.6 Å². The average molecular weight is 456 g/mol. The summed E-state index contributed by atoms with van der Waals surface area (Å²) in [5, 5.41) is 12.9. The van der Waals surface area contributed by atoms with Crippen molar-refractivity contribution in [3.8, 4) is 23.2 Å². The minimum Gasteiger partial charge on any atom is -0.438 e. The highest BCUT2D eigenvalue weighted by molar-refractivity contribution is 6.00. The number of para-hydroxylation sites is 2. The number of carbonyl (C=O) groups is 1. The van der Waals surface area contributed by atoms with Crippen LogP contribution in [-0.4, -0.2) is 32.1 Å². The molecular formula is C21H15F3N6O3. The maximum absolute atomic E-state index is 12.5. The molecule has 0 saturated carbocycles. The fourth-order valence-corrected chi connectivity index (χ4v) is 2.70. The number of hydrogen-bond acceptors (Lipinski definition) is 6. The minimum atomic E-state index is -4.88. The highest BCUT2D eigenvalue weighted by Crippen LogP contribution is 2.30. The molecule has 4 aromatic rings. The van der Waals surface area contributed by atoms with Gasteiger partial charge in [0, 0.05) is 24.1 Å². The molecule has 2 N–H and O–H groups in total. The lowest BCUT2D eigenvalue weighted by Crippen LogP contribution is -2.22. The van der Waals surface area contributed by atoms with E-state index in [-0.39, 0.29) is 11.6 Å². The summed E-state index contributed by atoms with van der Waals surface area (Å²) in [6, 6.07) is 14.1. The van der Waals surface area contributed by atoms with E-state index in [2.05, 4.69) is 30.6 Å². The molecule has 9 nitrogen and oxygen atoms in total. The van der Waals surface area contributed by atoms with Gasteiger partial charge in [-0.25, -0.2) is 9.78 Å². The van der Waals surface area contributed by atoms with Crippen molar-refractivity contribution < 1.29 is 27.4 Å². The quantitative estimate of drug-likeness (QED) is 0.423. The SMILES string of the molecule is O=C(Nc1ccc(Oc2ccc(-n3ccnc3)nn2)cc1)Nc1ccccc1OC(F)(F)F. The molecule has 0 unspecified atom stereocenters. The van der Waals surface area contributed by atoms with Crippen LogP contribution in [0.3, 0.4) is 0 Å². The van der Waals surface area contributed by atoms with E-state index >= 15 is 0 Å². The van der Waals surface area contributed by atoms with E-state index in [1.165, 1.54) is 18.2 Å². The number of imidazole rings is 1. The fraction of sp³-hybridized carbons (Fsp3) is 0.0476. The summed E-state index contributed by atoms with van der Waals surface area (Å²) in [5.41, 5.74) is 0.251. The summed E-state index contributed by atoms with van der Waals surface area (Å²) in [6.07, 6.45) is 0.0635. The van der Waals surface area contributed by atoms with Crippen LogP contribution in [0, 0.1) is 0 Å². The van der Waals surface area contributed by atoms with E-state index in [4.69, 9.17) is 4.74 Å². The Morgan fingerprint density at radius 3 is 2.39 bits per heavy atom. The summed E-state index contributed by atoms with van der Waals surface area (Å²) in [5.74, 6) is 0.754. The first kappa shape index (κ1) is 21.6. The Balaban J connectivity index is 1.35. The summed E-state index contributed by atoms with van der Waals surface area (Å²) in [7, 11) is 0. The first-order valence-electron chi connectivity index (χ1n) is 9.38. The minimum absolute atomic E-state index is 0.134. The van der Waals surface area contributed by atoms with Crippen molar-refractivity contribution in [1.82, 2.24) is 19.7 Å². The standard InChI is InChI=1S/C21H15F3N6O3/c22-21(23,24)33-17-4-2-1-3-16(17)27-20(31)26-14-5-7-15(8-6-14)32-19-10-9-18(28-29-19)30-12-11-25-13-30/h1-13H,(H2,26,27,31). The van der Waals surface area contributed by atoms with Crippen LogP contribution in [0.2, 0.25) is 0 Å². The van der Waals surface area contributed by atoms with Crippen molar-refractivity contribution in [3.05, 3.63) is 79.4 Å². The summed E-state index contributed by atoms with van der Waals surface area (Å²) in [6.45, 7) is 0. The Kier molecular flexibility index (Phi) is 6.06. The van der Waals surface area contributed by atoms with Crippen molar-refractivity contribution in [2.24, 2.45) is 0 Å². The zero-order valence-electron chi connectivity index (χ0n) is 16.7. The van der Waals surface area contributed by atoms with Crippen molar-refractivity contribution in [2.45, 2.75) is 6.36 Å². The van der Waals surface area contributed by atoms with Crippen LogP contribution in [-0.2, 0) is 0 Å². The number of alkyl halides is 3. The van der Waals surface area contributed by atoms with E-state index in [0.717, 1.165) is 6.07 Å². The molecule has 33 heavy (non-hydrogen) atoms. The van der Waals surface area contributed by atoms with Crippen LogP contribution in [0.15, 0.2) is 79.4 Å². The predicted octanol–water partition coefficient (Wildman–Crippen LogP) is 5.00. The highest BCUT2D eigenvalue weighted by atomic mass is 19.4. The monoisotopic (exact) mass is 456 g/mol. The lowest BCUT2D eigenvalue weighted by Gasteiger charge is -2.14. The number of nitrogens with zero attached hydrogens (tertiary/aromatic N) is 4. The third-order valence-electron chi connectivity index (χ3n) is 4.09. The van der Waals surface area contributed by atoms with Crippen LogP contribution in [0.4, 0.5) is 29.3 Å². The molecule has 0 atom stereocenters. The molecule has 0 spiro atoms. The Morgan fingerprint density at radius 2 is 1.73 bits per heavy atom. The van der Waals surface area contributed by atoms with Gasteiger partial charge in [0.05, 0.1) is 5.69 Å². The van der Waals surface area contributed by atoms with Gasteiger partial charge < -0.3 is 20.1 Å². The van der Waals surface area contributed by atoms with E-state index in [1.807, 2.05) is 0 Å². The highest BCUT2D eigenvalue weighted by Gasteiger charge is 2.32. The van der Waals surface area contributed by atoms with Crippen molar-refractivity contribution in [1.29, 1.82) is 0 Å². The molecule has 0 aliphatic carbocycles. The first-order valence-corrected chi connectivity index (χ1v) is 9.38. The Bertz CT molecular complexity index is 1210. The second-order valence-corrected chi connectivity index (χ2v) is 6.45. The predicted molar refractivity (Wildman–Crippen MR) is 111 cm³/mol. The Labute approximate surface area is 184 Å². The molecule has 0 fully saturated rings. The molecule has 0 bridgehead atoms. The molecule has 2 heterocycles. The third-order valence-corrected chi connectivity index (χ3v) is 4.09. The fourth-order valence-electron chi connectivity index (χ4n) is 2.70. The van der Waals surface area contributed by atoms with Crippen LogP contribution in [0.25, 0.3) is 5.82 Å². The molecule has 0 saturated heterocycles. The van der Waals surface area contributed by atoms with Gasteiger partial charge in [-0.15, -0.1) is 23.4 Å². The van der Waals surface area contributed by atoms with Gasteiger partial charge in [0.25, 0.3) is 0 Å². The van der Waals surface area contributed by atoms with Gasteiger partial charge in [-0.3, -0.25) is 4.57 Å². The van der Waals surface area contributed by atoms with Gasteiger partial charge in [-0.2, -0.15) is 0 Å². The van der Waals surface area contributed by atoms with Crippen LogP contribution >= 0.6 is 0 Å². The van der Waals surface area contributed by atoms with Gasteiger partial charge in [-0.05, 0) is 42.5 Å². The number of anilines is 2. The van der Waals surface area contributed by atoms with Gasteiger partial charge in [0.1, 0.15) is 12.1 Å². The van der Waals surface area contributed by atoms with Gasteiger partial charge in [-0.1, -0.05) is 12.1 Å². The normalized spacial score (nSPS) is 11.0. The maximum Gasteiger partial charge on any atom is 0.573 e. The molecular weight excluding hydrogens is 441 g/mol. The van der Waals surface area contributed by atoms with Gasteiger partial charge >= 0.3 is 12.4 Å².